The van der Waals surface area contributed by atoms with Gasteiger partial charge in [-0.05, 0) is 33.6 Å². The summed E-state index contributed by atoms with van der Waals surface area (Å²) < 4.78 is 30.0. The standard InChI is InChI=1S/C9H7BrF2O2/c1-14-8(13)4-5-2-6(10)9(12)7(11)3-5/h2-3H,4H2,1H3. The molecule has 0 aromatic heterocycles. The largest absolute Gasteiger partial charge is 0.469 e. The molecule has 2 nitrogen and oxygen atoms in total. The van der Waals surface area contributed by atoms with Crippen LogP contribution < -0.4 is 0 Å². The number of methoxy groups -OCH3 is 1. The summed E-state index contributed by atoms with van der Waals surface area (Å²) in [5.74, 6) is -2.44. The van der Waals surface area contributed by atoms with Crippen LogP contribution in [0.1, 0.15) is 5.56 Å². The van der Waals surface area contributed by atoms with Crippen LogP contribution in [0.3, 0.4) is 0 Å². The van der Waals surface area contributed by atoms with Crippen LogP contribution in [0, 0.1) is 11.6 Å². The van der Waals surface area contributed by atoms with Gasteiger partial charge in [0.25, 0.3) is 0 Å². The fourth-order valence-corrected chi connectivity index (χ4v) is 1.43. The van der Waals surface area contributed by atoms with Gasteiger partial charge in [0, 0.05) is 0 Å². The molecule has 14 heavy (non-hydrogen) atoms. The van der Waals surface area contributed by atoms with Gasteiger partial charge in [0.1, 0.15) is 0 Å². The van der Waals surface area contributed by atoms with Gasteiger partial charge < -0.3 is 4.74 Å². The Hall–Kier alpha value is -0.970. The maximum absolute atomic E-state index is 12.8. The molecule has 0 saturated carbocycles. The third-order valence-electron chi connectivity index (χ3n) is 1.62. The Bertz CT molecular complexity index is 343. The molecule has 0 aliphatic heterocycles. The molecule has 5 heteroatoms. The normalized spacial score (nSPS) is 10.0. The average Bonchev–Trinajstić information content (AvgIpc) is 2.14. The molecular weight excluding hydrogens is 258 g/mol. The molecule has 0 amide bonds. The van der Waals surface area contributed by atoms with Gasteiger partial charge in [-0.25, -0.2) is 8.78 Å². The van der Waals surface area contributed by atoms with Crippen LogP contribution in [0.5, 0.6) is 0 Å². The number of rotatable bonds is 2. The highest BCUT2D eigenvalue weighted by Gasteiger charge is 2.10. The van der Waals surface area contributed by atoms with Crippen LogP contribution in [0.15, 0.2) is 16.6 Å². The minimum atomic E-state index is -0.988. The van der Waals surface area contributed by atoms with Crippen molar-refractivity contribution >= 4 is 21.9 Å². The zero-order chi connectivity index (χ0) is 10.7. The van der Waals surface area contributed by atoms with E-state index in [2.05, 4.69) is 20.7 Å². The van der Waals surface area contributed by atoms with Crippen LogP contribution in [-0.4, -0.2) is 13.1 Å². The van der Waals surface area contributed by atoms with E-state index in [0.29, 0.717) is 5.56 Å². The maximum atomic E-state index is 12.8. The number of carbonyl (C=O) groups is 1. The number of ether oxygens (including phenoxy) is 1. The Kier molecular flexibility index (Phi) is 3.57. The zero-order valence-electron chi connectivity index (χ0n) is 7.31. The number of hydrogen-bond acceptors (Lipinski definition) is 2. The van der Waals surface area contributed by atoms with Crippen molar-refractivity contribution in [3.05, 3.63) is 33.8 Å². The van der Waals surface area contributed by atoms with Gasteiger partial charge in [-0.1, -0.05) is 0 Å². The first-order chi connectivity index (χ1) is 6.54. The predicted molar refractivity (Wildman–Crippen MR) is 49.8 cm³/mol. The van der Waals surface area contributed by atoms with Gasteiger partial charge in [0.15, 0.2) is 11.6 Å². The number of benzene rings is 1. The summed E-state index contributed by atoms with van der Waals surface area (Å²) in [6, 6.07) is 2.31. The molecule has 1 aromatic rings. The van der Waals surface area contributed by atoms with Crippen molar-refractivity contribution in [1.82, 2.24) is 0 Å². The zero-order valence-corrected chi connectivity index (χ0v) is 8.90. The molecule has 0 fully saturated rings. The van der Waals surface area contributed by atoms with Crippen molar-refractivity contribution in [3.8, 4) is 0 Å². The van der Waals surface area contributed by atoms with Crippen molar-refractivity contribution in [3.63, 3.8) is 0 Å². The summed E-state index contributed by atoms with van der Waals surface area (Å²) in [6.45, 7) is 0. The van der Waals surface area contributed by atoms with E-state index < -0.39 is 17.6 Å². The molecule has 0 spiro atoms. The van der Waals surface area contributed by atoms with Gasteiger partial charge in [0.2, 0.25) is 0 Å². The summed E-state index contributed by atoms with van der Waals surface area (Å²) in [7, 11) is 1.23. The third-order valence-corrected chi connectivity index (χ3v) is 2.20. The fourth-order valence-electron chi connectivity index (χ4n) is 0.949. The van der Waals surface area contributed by atoms with Crippen molar-refractivity contribution in [2.24, 2.45) is 0 Å². The first kappa shape index (κ1) is 11.1. The quantitative estimate of drug-likeness (QED) is 0.606. The minimum absolute atomic E-state index is 0.00333. The van der Waals surface area contributed by atoms with Crippen molar-refractivity contribution in [2.45, 2.75) is 6.42 Å². The Balaban J connectivity index is 2.95. The first-order valence-electron chi connectivity index (χ1n) is 3.75. The molecule has 0 N–H and O–H groups in total. The van der Waals surface area contributed by atoms with E-state index in [1.54, 1.807) is 0 Å². The molecule has 76 valence electrons. The second-order valence-corrected chi connectivity index (χ2v) is 3.48. The van der Waals surface area contributed by atoms with Gasteiger partial charge in [-0.15, -0.1) is 0 Å². The molecule has 0 radical (unpaired) electrons. The molecular formula is C9H7BrF2O2. The second kappa shape index (κ2) is 4.50. The summed E-state index contributed by atoms with van der Waals surface area (Å²) >= 11 is 2.84. The fraction of sp³-hybridized carbons (Fsp3) is 0.222. The minimum Gasteiger partial charge on any atom is -0.469 e. The lowest BCUT2D eigenvalue weighted by molar-refractivity contribution is -0.139. The van der Waals surface area contributed by atoms with Crippen LogP contribution >= 0.6 is 15.9 Å². The smallest absolute Gasteiger partial charge is 0.309 e. The second-order valence-electron chi connectivity index (χ2n) is 2.63. The summed E-state index contributed by atoms with van der Waals surface area (Å²) in [5, 5.41) is 0. The van der Waals surface area contributed by atoms with Crippen molar-refractivity contribution in [1.29, 1.82) is 0 Å². The van der Waals surface area contributed by atoms with Gasteiger partial charge in [0.05, 0.1) is 18.0 Å². The lowest BCUT2D eigenvalue weighted by Crippen LogP contribution is -2.05. The highest BCUT2D eigenvalue weighted by atomic mass is 79.9. The Morgan fingerprint density at radius 3 is 2.64 bits per heavy atom. The van der Waals surface area contributed by atoms with E-state index in [-0.39, 0.29) is 10.9 Å². The summed E-state index contributed by atoms with van der Waals surface area (Å²) in [5.41, 5.74) is 0.364. The summed E-state index contributed by atoms with van der Waals surface area (Å²) in [6.07, 6.45) is -0.0771. The van der Waals surface area contributed by atoms with E-state index in [1.807, 2.05) is 0 Å². The molecule has 0 aliphatic rings. The van der Waals surface area contributed by atoms with E-state index in [4.69, 9.17) is 0 Å². The lowest BCUT2D eigenvalue weighted by atomic mass is 10.1. The van der Waals surface area contributed by atoms with Gasteiger partial charge in [-0.3, -0.25) is 4.79 Å². The van der Waals surface area contributed by atoms with E-state index >= 15 is 0 Å². The van der Waals surface area contributed by atoms with E-state index in [0.717, 1.165) is 6.07 Å². The summed E-state index contributed by atoms with van der Waals surface area (Å²) in [4.78, 5) is 10.8. The Morgan fingerprint density at radius 2 is 2.14 bits per heavy atom. The van der Waals surface area contributed by atoms with Crippen LogP contribution in [0.2, 0.25) is 0 Å². The van der Waals surface area contributed by atoms with Crippen LogP contribution in [0.25, 0.3) is 0 Å². The third kappa shape index (κ3) is 2.51. The van der Waals surface area contributed by atoms with Crippen LogP contribution in [0.4, 0.5) is 8.78 Å². The number of carbonyl (C=O) groups excluding carboxylic acids is 1. The molecule has 0 saturated heterocycles. The van der Waals surface area contributed by atoms with Gasteiger partial charge in [-0.2, -0.15) is 0 Å². The Labute approximate surface area is 88.0 Å². The highest BCUT2D eigenvalue weighted by Crippen LogP contribution is 2.20. The molecule has 0 atom stereocenters. The topological polar surface area (TPSA) is 26.3 Å². The van der Waals surface area contributed by atoms with Crippen molar-refractivity contribution < 1.29 is 18.3 Å². The molecule has 1 aromatic carbocycles. The van der Waals surface area contributed by atoms with E-state index in [9.17, 15) is 13.6 Å². The number of esters is 1. The average molecular weight is 265 g/mol. The molecule has 0 bridgehead atoms. The van der Waals surface area contributed by atoms with Gasteiger partial charge >= 0.3 is 5.97 Å². The number of halogens is 3. The first-order valence-corrected chi connectivity index (χ1v) is 4.54. The van der Waals surface area contributed by atoms with Crippen LogP contribution in [-0.2, 0) is 16.0 Å². The predicted octanol–water partition coefficient (Wildman–Crippen LogP) is 2.44. The monoisotopic (exact) mass is 264 g/mol. The van der Waals surface area contributed by atoms with E-state index in [1.165, 1.54) is 13.2 Å². The molecule has 0 aliphatic carbocycles. The molecule has 0 unspecified atom stereocenters. The highest BCUT2D eigenvalue weighted by molar-refractivity contribution is 9.10. The molecule has 0 heterocycles. The lowest BCUT2D eigenvalue weighted by Gasteiger charge is -2.02. The Morgan fingerprint density at radius 1 is 1.50 bits per heavy atom. The number of hydrogen-bond donors (Lipinski definition) is 0. The maximum Gasteiger partial charge on any atom is 0.309 e. The molecule has 1 rings (SSSR count). The van der Waals surface area contributed by atoms with Crippen molar-refractivity contribution in [2.75, 3.05) is 7.11 Å². The SMILES string of the molecule is COC(=O)Cc1cc(F)c(F)c(Br)c1.